The van der Waals surface area contributed by atoms with Gasteiger partial charge in [0.05, 0.1) is 11.4 Å². The summed E-state index contributed by atoms with van der Waals surface area (Å²) in [6, 6.07) is 0. The largest absolute Gasteiger partial charge is 0.460 e. The molecule has 0 aromatic rings. The smallest absolute Gasteiger partial charge is 0.332 e. The zero-order valence-electron chi connectivity index (χ0n) is 13.3. The molecule has 2 bridgehead atoms. The maximum Gasteiger partial charge on any atom is 0.332 e. The molecule has 0 radical (unpaired) electrons. The van der Waals surface area contributed by atoms with Crippen molar-refractivity contribution >= 4 is 22.1 Å². The Bertz CT molecular complexity index is 656. The zero-order chi connectivity index (χ0) is 17.5. The van der Waals surface area contributed by atoms with E-state index in [0.29, 0.717) is 6.42 Å². The van der Waals surface area contributed by atoms with Gasteiger partial charge in [-0.2, -0.15) is 8.42 Å². The molecule has 9 heteroatoms. The van der Waals surface area contributed by atoms with Crippen molar-refractivity contribution in [3.8, 4) is 0 Å². The van der Waals surface area contributed by atoms with E-state index >= 15 is 0 Å². The number of rotatable bonds is 7. The molecule has 3 rings (SSSR count). The van der Waals surface area contributed by atoms with E-state index in [1.807, 2.05) is 0 Å². The van der Waals surface area contributed by atoms with E-state index in [1.165, 1.54) is 0 Å². The summed E-state index contributed by atoms with van der Waals surface area (Å²) in [5.74, 6) is -1.20. The van der Waals surface area contributed by atoms with Crippen LogP contribution in [0.4, 0.5) is 0 Å². The van der Waals surface area contributed by atoms with Gasteiger partial charge < -0.3 is 14.2 Å². The molecule has 134 valence electrons. The van der Waals surface area contributed by atoms with E-state index in [4.69, 9.17) is 13.7 Å². The van der Waals surface area contributed by atoms with Gasteiger partial charge in [-0.25, -0.2) is 9.59 Å². The number of carbonyl (C=O) groups excluding carboxylic acids is 2. The van der Waals surface area contributed by atoms with Gasteiger partial charge >= 0.3 is 11.9 Å². The first-order valence-corrected chi connectivity index (χ1v) is 9.26. The third kappa shape index (κ3) is 2.84. The molecule has 1 heterocycles. The second kappa shape index (κ2) is 6.12. The van der Waals surface area contributed by atoms with Gasteiger partial charge in [0, 0.05) is 12.0 Å². The van der Waals surface area contributed by atoms with Crippen LogP contribution in [0.15, 0.2) is 12.7 Å². The van der Waals surface area contributed by atoms with Crippen LogP contribution in [0.5, 0.6) is 0 Å². The molecule has 0 spiro atoms. The van der Waals surface area contributed by atoms with Crippen molar-refractivity contribution in [1.82, 2.24) is 0 Å². The van der Waals surface area contributed by atoms with E-state index in [9.17, 15) is 18.0 Å². The van der Waals surface area contributed by atoms with Crippen LogP contribution in [-0.4, -0.2) is 57.1 Å². The van der Waals surface area contributed by atoms with E-state index in [2.05, 4.69) is 11.3 Å². The summed E-state index contributed by atoms with van der Waals surface area (Å²) in [7, 11) is -3.54. The second-order valence-corrected chi connectivity index (χ2v) is 8.22. The van der Waals surface area contributed by atoms with Crippen LogP contribution in [0.3, 0.4) is 0 Å². The summed E-state index contributed by atoms with van der Waals surface area (Å²) in [4.78, 5) is 22.5. The summed E-state index contributed by atoms with van der Waals surface area (Å²) < 4.78 is 44.5. The minimum absolute atomic E-state index is 0.0640. The lowest BCUT2D eigenvalue weighted by molar-refractivity contribution is -0.161. The lowest BCUT2D eigenvalue weighted by atomic mass is 9.83. The Morgan fingerprint density at radius 2 is 2.00 bits per heavy atom. The van der Waals surface area contributed by atoms with Crippen molar-refractivity contribution in [1.29, 1.82) is 0 Å². The molecule has 3 aliphatic rings. The van der Waals surface area contributed by atoms with Gasteiger partial charge in [0.1, 0.15) is 25.4 Å². The average Bonchev–Trinajstić information content (AvgIpc) is 3.09. The molecule has 5 unspecified atom stereocenters. The van der Waals surface area contributed by atoms with Crippen molar-refractivity contribution < 1.29 is 36.4 Å². The van der Waals surface area contributed by atoms with Gasteiger partial charge in [-0.05, 0) is 25.7 Å². The highest BCUT2D eigenvalue weighted by Gasteiger charge is 2.71. The predicted octanol–water partition coefficient (Wildman–Crippen LogP) is 0.171. The molecular formula is C15H20O8S. The van der Waals surface area contributed by atoms with Gasteiger partial charge in [-0.15, -0.1) is 0 Å². The number of ether oxygens (including phenoxy) is 3. The average molecular weight is 360 g/mol. The molecule has 24 heavy (non-hydrogen) atoms. The van der Waals surface area contributed by atoms with E-state index < -0.39 is 39.0 Å². The lowest BCUT2D eigenvalue weighted by Gasteiger charge is -2.33. The Labute approximate surface area is 140 Å². The summed E-state index contributed by atoms with van der Waals surface area (Å²) in [5, 5.41) is -0.446. The minimum Gasteiger partial charge on any atom is -0.460 e. The highest BCUT2D eigenvalue weighted by molar-refractivity contribution is 7.87. The zero-order valence-corrected chi connectivity index (χ0v) is 14.1. The number of esters is 2. The van der Waals surface area contributed by atoms with Crippen molar-refractivity contribution in [2.45, 2.75) is 36.7 Å². The number of hydrogen-bond acceptors (Lipinski definition) is 8. The van der Waals surface area contributed by atoms with Gasteiger partial charge in [0.15, 0.2) is 0 Å². The fourth-order valence-electron chi connectivity index (χ4n) is 4.16. The molecule has 8 nitrogen and oxygen atoms in total. The predicted molar refractivity (Wildman–Crippen MR) is 80.3 cm³/mol. The summed E-state index contributed by atoms with van der Waals surface area (Å²) >= 11 is 0. The first kappa shape index (κ1) is 17.4. The summed E-state index contributed by atoms with van der Waals surface area (Å²) in [6.07, 6.45) is 1.82. The molecule has 2 aliphatic carbocycles. The molecule has 5 atom stereocenters. The number of hydrogen-bond donors (Lipinski definition) is 0. The van der Waals surface area contributed by atoms with Gasteiger partial charge in [0.25, 0.3) is 10.1 Å². The molecule has 0 N–H and O–H groups in total. The van der Waals surface area contributed by atoms with Gasteiger partial charge in [0.2, 0.25) is 0 Å². The number of carbonyl (C=O) groups is 2. The topological polar surface area (TPSA) is 105 Å². The van der Waals surface area contributed by atoms with Crippen LogP contribution in [0.1, 0.15) is 19.8 Å². The van der Waals surface area contributed by atoms with Crippen molar-refractivity contribution in [3.05, 3.63) is 12.7 Å². The van der Waals surface area contributed by atoms with Crippen LogP contribution in [0.25, 0.3) is 0 Å². The van der Waals surface area contributed by atoms with Crippen molar-refractivity contribution in [2.75, 3.05) is 19.8 Å². The fourth-order valence-corrected chi connectivity index (χ4v) is 6.27. The van der Waals surface area contributed by atoms with Gasteiger partial charge in [-0.1, -0.05) is 6.58 Å². The maximum absolute atomic E-state index is 12.0. The lowest BCUT2D eigenvalue weighted by Crippen LogP contribution is -2.46. The third-order valence-corrected chi connectivity index (χ3v) is 6.93. The Hall–Kier alpha value is -1.45. The molecule has 1 aliphatic heterocycles. The van der Waals surface area contributed by atoms with Crippen LogP contribution in [0.2, 0.25) is 0 Å². The van der Waals surface area contributed by atoms with Crippen LogP contribution >= 0.6 is 0 Å². The van der Waals surface area contributed by atoms with Crippen LogP contribution in [-0.2, 0) is 38.1 Å². The molecule has 0 aromatic heterocycles. The molecule has 3 fully saturated rings. The molecule has 2 saturated carbocycles. The van der Waals surface area contributed by atoms with Crippen LogP contribution < -0.4 is 0 Å². The van der Waals surface area contributed by atoms with Gasteiger partial charge in [-0.3, -0.25) is 4.18 Å². The number of fused-ring (bicyclic) bond motifs is 1. The SMILES string of the molecule is C=CC(=O)OCCOC(=O)COC1C2CC3C(C2)S(=O)(=O)OC31C. The van der Waals surface area contributed by atoms with Crippen LogP contribution in [0, 0.1) is 11.8 Å². The molecule has 0 amide bonds. The van der Waals surface area contributed by atoms with E-state index in [1.54, 1.807) is 6.92 Å². The standard InChI is InChI=1S/C15H20O8S/c1-3-12(16)20-4-5-21-13(17)8-22-14-9-6-10-11(7-9)24(18,19)23-15(10,14)2/h3,9-11,14H,1,4-8H2,2H3. The summed E-state index contributed by atoms with van der Waals surface area (Å²) in [5.41, 5.74) is -0.897. The fraction of sp³-hybridized carbons (Fsp3) is 0.733. The van der Waals surface area contributed by atoms with Crippen molar-refractivity contribution in [2.24, 2.45) is 11.8 Å². The first-order valence-electron chi connectivity index (χ1n) is 7.79. The van der Waals surface area contributed by atoms with E-state index in [-0.39, 0.29) is 31.7 Å². The maximum atomic E-state index is 12.0. The Morgan fingerprint density at radius 1 is 1.29 bits per heavy atom. The molecule has 1 saturated heterocycles. The second-order valence-electron chi connectivity index (χ2n) is 6.46. The summed E-state index contributed by atoms with van der Waals surface area (Å²) in [6.45, 7) is 4.54. The van der Waals surface area contributed by atoms with Crippen molar-refractivity contribution in [3.63, 3.8) is 0 Å². The highest BCUT2D eigenvalue weighted by atomic mass is 32.2. The Morgan fingerprint density at radius 3 is 2.71 bits per heavy atom. The minimum atomic E-state index is -3.54. The Kier molecular flexibility index (Phi) is 4.43. The first-order chi connectivity index (χ1) is 11.3. The van der Waals surface area contributed by atoms with E-state index in [0.717, 1.165) is 12.5 Å². The normalized spacial score (nSPS) is 38.0. The molecular weight excluding hydrogens is 340 g/mol. The third-order valence-electron chi connectivity index (χ3n) is 5.07. The monoisotopic (exact) mass is 360 g/mol. The quantitative estimate of drug-likeness (QED) is 0.274. The molecule has 0 aromatic carbocycles. The highest BCUT2D eigenvalue weighted by Crippen LogP contribution is 2.61. The Balaban J connectivity index is 1.47.